The lowest BCUT2D eigenvalue weighted by Crippen LogP contribution is -2.07. The van der Waals surface area contributed by atoms with Crippen LogP contribution in [0, 0.1) is 0 Å². The fourth-order valence-corrected chi connectivity index (χ4v) is 4.41. The molecule has 0 saturated carbocycles. The largest absolute Gasteiger partial charge is 0.372 e. The molecule has 27 heavy (non-hydrogen) atoms. The quantitative estimate of drug-likeness (QED) is 0.470. The number of nitrogens with zero attached hydrogens (tertiary/aromatic N) is 3. The first-order valence-electron chi connectivity index (χ1n) is 8.69. The third kappa shape index (κ3) is 3.72. The highest BCUT2D eigenvalue weighted by Crippen LogP contribution is 2.39. The number of aromatic nitrogens is 3. The Morgan fingerprint density at radius 3 is 2.85 bits per heavy atom. The first-order valence-corrected chi connectivity index (χ1v) is 10.0. The molecule has 0 spiro atoms. The van der Waals surface area contributed by atoms with E-state index < -0.39 is 0 Å². The molecule has 0 atom stereocenters. The van der Waals surface area contributed by atoms with Gasteiger partial charge in [-0.25, -0.2) is 4.98 Å². The van der Waals surface area contributed by atoms with Crippen molar-refractivity contribution in [2.45, 2.75) is 31.2 Å². The first kappa shape index (κ1) is 18.4. The minimum atomic E-state index is -0.314. The third-order valence-electron chi connectivity index (χ3n) is 4.41. The molecule has 1 aliphatic rings. The summed E-state index contributed by atoms with van der Waals surface area (Å²) >= 11 is 8.05. The van der Waals surface area contributed by atoms with Crippen LogP contribution in [-0.4, -0.2) is 27.4 Å². The lowest BCUT2D eigenvalue weighted by molar-refractivity contribution is 0.103. The fraction of sp³-hybridized carbons (Fsp3) is 0.316. The summed E-state index contributed by atoms with van der Waals surface area (Å²) in [5, 5.41) is 3.20. The summed E-state index contributed by atoms with van der Waals surface area (Å²) in [6, 6.07) is 7.96. The zero-order valence-corrected chi connectivity index (χ0v) is 16.1. The Kier molecular flexibility index (Phi) is 5.43. The smallest absolute Gasteiger partial charge is 0.224 e. The molecule has 1 aliphatic heterocycles. The molecular weight excluding hydrogens is 387 g/mol. The van der Waals surface area contributed by atoms with Crippen LogP contribution in [-0.2, 0) is 18.0 Å². The van der Waals surface area contributed by atoms with E-state index in [-0.39, 0.29) is 12.6 Å². The molecule has 2 N–H and O–H groups in total. The zero-order valence-electron chi connectivity index (χ0n) is 14.5. The normalized spacial score (nSPS) is 13.3. The number of benzene rings is 2. The zero-order chi connectivity index (χ0) is 18.8. The number of rotatable bonds is 6. The highest BCUT2D eigenvalue weighted by Gasteiger charge is 2.20. The molecule has 5 nitrogen and oxygen atoms in total. The summed E-state index contributed by atoms with van der Waals surface area (Å²) in [5.41, 5.74) is 8.85. The predicted octanol–water partition coefficient (Wildman–Crippen LogP) is 4.80. The second-order valence-electron chi connectivity index (χ2n) is 6.27. The van der Waals surface area contributed by atoms with E-state index in [4.69, 9.17) is 22.1 Å². The Bertz CT molecular complexity index is 1000. The topological polar surface area (TPSA) is 73.9 Å². The van der Waals surface area contributed by atoms with E-state index in [0.717, 1.165) is 39.6 Å². The van der Waals surface area contributed by atoms with Crippen molar-refractivity contribution in [1.82, 2.24) is 15.0 Å². The van der Waals surface area contributed by atoms with Gasteiger partial charge in [-0.2, -0.15) is 9.97 Å². The van der Waals surface area contributed by atoms with Crippen LogP contribution in [0.25, 0.3) is 22.2 Å². The molecule has 140 valence electrons. The summed E-state index contributed by atoms with van der Waals surface area (Å²) in [5.74, 6) is 1.32. The lowest BCUT2D eigenvalue weighted by Gasteiger charge is -2.20. The molecule has 8 heteroatoms. The van der Waals surface area contributed by atoms with Crippen LogP contribution in [0.4, 0.5) is 10.3 Å². The maximum absolute atomic E-state index is 12.3. The summed E-state index contributed by atoms with van der Waals surface area (Å²) in [6.45, 7) is 0.786. The van der Waals surface area contributed by atoms with Crippen LogP contribution in [0.5, 0.6) is 0 Å². The van der Waals surface area contributed by atoms with Gasteiger partial charge in [-0.1, -0.05) is 41.6 Å². The maximum atomic E-state index is 12.3. The van der Waals surface area contributed by atoms with Gasteiger partial charge in [0.05, 0.1) is 24.9 Å². The summed E-state index contributed by atoms with van der Waals surface area (Å²) in [4.78, 5) is 13.1. The number of ether oxygens (including phenoxy) is 1. The van der Waals surface area contributed by atoms with Gasteiger partial charge in [-0.3, -0.25) is 4.39 Å². The van der Waals surface area contributed by atoms with E-state index in [1.54, 1.807) is 0 Å². The number of nitrogen functional groups attached to an aromatic ring is 1. The van der Waals surface area contributed by atoms with Crippen molar-refractivity contribution in [1.29, 1.82) is 0 Å². The van der Waals surface area contributed by atoms with Gasteiger partial charge in [-0.15, -0.1) is 0 Å². The Morgan fingerprint density at radius 1 is 1.15 bits per heavy atom. The van der Waals surface area contributed by atoms with Crippen molar-refractivity contribution in [3.05, 3.63) is 40.4 Å². The average Bonchev–Trinajstić information content (AvgIpc) is 2.65. The van der Waals surface area contributed by atoms with E-state index in [1.165, 1.54) is 11.8 Å². The van der Waals surface area contributed by atoms with Crippen LogP contribution >= 0.6 is 23.4 Å². The molecule has 3 aromatic rings. The number of unbranched alkanes of at least 4 members (excludes halogenated alkanes) is 1. The number of hydrogen-bond donors (Lipinski definition) is 1. The molecule has 0 fully saturated rings. The molecule has 0 saturated heterocycles. The molecule has 2 heterocycles. The first-order chi connectivity index (χ1) is 13.2. The van der Waals surface area contributed by atoms with Crippen molar-refractivity contribution in [3.8, 4) is 11.4 Å². The maximum Gasteiger partial charge on any atom is 0.224 e. The van der Waals surface area contributed by atoms with Crippen LogP contribution in [0.15, 0.2) is 29.4 Å². The van der Waals surface area contributed by atoms with Crippen molar-refractivity contribution in [3.63, 3.8) is 0 Å². The molecule has 0 radical (unpaired) electrons. The number of hydrogen-bond acceptors (Lipinski definition) is 6. The van der Waals surface area contributed by atoms with E-state index in [1.807, 2.05) is 18.2 Å². The Hall–Kier alpha value is -1.96. The summed E-state index contributed by atoms with van der Waals surface area (Å²) in [6.07, 6.45) is 1.28. The average molecular weight is 405 g/mol. The van der Waals surface area contributed by atoms with Gasteiger partial charge >= 0.3 is 0 Å². The Balaban J connectivity index is 1.80. The standard InChI is InChI=1S/C19H18ClFN4OS/c20-14-8-12-10-26-9-11-4-3-5-13(15(11)12)16(14)17-23-18(22)25-19(24-17)27-7-2-1-6-21/h3-5,8H,1-2,6-7,9-10H2,(H2,22,23,24,25). The van der Waals surface area contributed by atoms with Crippen LogP contribution in [0.1, 0.15) is 24.0 Å². The number of halogens is 2. The van der Waals surface area contributed by atoms with Gasteiger partial charge in [0.25, 0.3) is 0 Å². The van der Waals surface area contributed by atoms with Gasteiger partial charge in [0.1, 0.15) is 0 Å². The molecule has 4 rings (SSSR count). The highest BCUT2D eigenvalue weighted by molar-refractivity contribution is 7.99. The minimum absolute atomic E-state index is 0.146. The van der Waals surface area contributed by atoms with Crippen LogP contribution < -0.4 is 5.73 Å². The number of alkyl halides is 1. The number of nitrogens with two attached hydrogens (primary N) is 1. The van der Waals surface area contributed by atoms with Crippen molar-refractivity contribution >= 4 is 40.1 Å². The van der Waals surface area contributed by atoms with E-state index in [9.17, 15) is 4.39 Å². The van der Waals surface area contributed by atoms with E-state index in [0.29, 0.717) is 35.6 Å². The van der Waals surface area contributed by atoms with Gasteiger partial charge in [0.15, 0.2) is 11.0 Å². The monoisotopic (exact) mass is 404 g/mol. The lowest BCUT2D eigenvalue weighted by atomic mass is 9.94. The molecule has 0 unspecified atom stereocenters. The molecular formula is C19H18ClFN4OS. The Labute approximate surface area is 165 Å². The molecule has 2 aromatic carbocycles. The summed E-state index contributed by atoms with van der Waals surface area (Å²) in [7, 11) is 0. The van der Waals surface area contributed by atoms with Gasteiger partial charge in [0, 0.05) is 11.3 Å². The number of anilines is 1. The predicted molar refractivity (Wildman–Crippen MR) is 107 cm³/mol. The minimum Gasteiger partial charge on any atom is -0.372 e. The van der Waals surface area contributed by atoms with Crippen LogP contribution in [0.2, 0.25) is 5.02 Å². The summed E-state index contributed by atoms with van der Waals surface area (Å²) < 4.78 is 17.9. The highest BCUT2D eigenvalue weighted by atomic mass is 35.5. The molecule has 0 amide bonds. The van der Waals surface area contributed by atoms with Gasteiger partial charge < -0.3 is 10.5 Å². The van der Waals surface area contributed by atoms with Crippen molar-refractivity contribution < 1.29 is 9.13 Å². The van der Waals surface area contributed by atoms with Gasteiger partial charge in [0.2, 0.25) is 5.95 Å². The number of thioether (sulfide) groups is 1. The van der Waals surface area contributed by atoms with Crippen molar-refractivity contribution in [2.24, 2.45) is 0 Å². The van der Waals surface area contributed by atoms with Crippen molar-refractivity contribution in [2.75, 3.05) is 18.2 Å². The second kappa shape index (κ2) is 7.96. The van der Waals surface area contributed by atoms with Gasteiger partial charge in [-0.05, 0) is 40.8 Å². The fourth-order valence-electron chi connectivity index (χ4n) is 3.25. The Morgan fingerprint density at radius 2 is 2.00 bits per heavy atom. The van der Waals surface area contributed by atoms with E-state index >= 15 is 0 Å². The molecule has 1 aromatic heterocycles. The second-order valence-corrected chi connectivity index (χ2v) is 7.74. The van der Waals surface area contributed by atoms with Crippen LogP contribution in [0.3, 0.4) is 0 Å². The molecule has 0 bridgehead atoms. The molecule has 0 aliphatic carbocycles. The third-order valence-corrected chi connectivity index (χ3v) is 5.64. The van der Waals surface area contributed by atoms with E-state index in [2.05, 4.69) is 21.0 Å². The SMILES string of the molecule is Nc1nc(SCCCCF)nc(-c2c(Cl)cc3c4c(cccc24)COC3)n1.